The van der Waals surface area contributed by atoms with Gasteiger partial charge >= 0.3 is 0 Å². The number of rotatable bonds is 6. The van der Waals surface area contributed by atoms with Crippen LogP contribution in [0, 0.1) is 13.8 Å². The van der Waals surface area contributed by atoms with Gasteiger partial charge in [-0.15, -0.1) is 0 Å². The van der Waals surface area contributed by atoms with Crippen molar-refractivity contribution in [1.29, 1.82) is 0 Å². The topological polar surface area (TPSA) is 120 Å². The zero-order valence-corrected chi connectivity index (χ0v) is 22.9. The predicted octanol–water partition coefficient (Wildman–Crippen LogP) is 3.61. The fourth-order valence-corrected chi connectivity index (χ4v) is 5.89. The Hall–Kier alpha value is -3.57. The minimum absolute atomic E-state index is 0.0617. The highest BCUT2D eigenvalue weighted by Gasteiger charge is 2.35. The van der Waals surface area contributed by atoms with Crippen molar-refractivity contribution in [2.24, 2.45) is 0 Å². The number of hydrogen-bond donors (Lipinski definition) is 2. The molecule has 0 aliphatic carbocycles. The largest absolute Gasteiger partial charge is 0.336 e. The number of carbonyl (C=O) groups is 1. The van der Waals surface area contributed by atoms with Crippen LogP contribution in [0.15, 0.2) is 42.7 Å². The van der Waals surface area contributed by atoms with E-state index in [0.29, 0.717) is 24.1 Å². The van der Waals surface area contributed by atoms with E-state index in [-0.39, 0.29) is 17.8 Å². The quantitative estimate of drug-likeness (QED) is 0.491. The standard InChI is InChI=1S/C27H33N7O3S/c1-17-9-18(2)11-22(10-17)30-27-29-14-21-15-33(16-24(21)31-27)23-7-8-34(19(3)12-23)26(35)20-5-6-25(28-13-20)32-38(4,36)37/h5-6,9-11,13-14,19,23H,7-8,12,15-16H2,1-4H3,(H,28,32)(H,29,30,31)/t19-,23-/m1/s1. The first-order valence-electron chi connectivity index (χ1n) is 12.7. The molecule has 0 unspecified atom stereocenters. The summed E-state index contributed by atoms with van der Waals surface area (Å²) in [6.07, 6.45) is 6.14. The zero-order chi connectivity index (χ0) is 27.0. The minimum atomic E-state index is -3.42. The number of likely N-dealkylation sites (tertiary alicyclic amines) is 1. The van der Waals surface area contributed by atoms with E-state index in [4.69, 9.17) is 4.98 Å². The Bertz CT molecular complexity index is 1440. The van der Waals surface area contributed by atoms with Gasteiger partial charge in [-0.05, 0) is 69.0 Å². The number of sulfonamides is 1. The number of anilines is 3. The second-order valence-electron chi connectivity index (χ2n) is 10.4. The first-order chi connectivity index (χ1) is 18.0. The zero-order valence-electron chi connectivity index (χ0n) is 22.1. The van der Waals surface area contributed by atoms with Gasteiger partial charge in [-0.2, -0.15) is 0 Å². The van der Waals surface area contributed by atoms with Crippen LogP contribution in [0.5, 0.6) is 0 Å². The fourth-order valence-electron chi connectivity index (χ4n) is 5.39. The van der Waals surface area contributed by atoms with E-state index in [2.05, 4.69) is 63.9 Å². The summed E-state index contributed by atoms with van der Waals surface area (Å²) in [5.41, 5.74) is 6.01. The van der Waals surface area contributed by atoms with E-state index in [1.54, 1.807) is 6.07 Å². The van der Waals surface area contributed by atoms with E-state index in [1.165, 1.54) is 23.4 Å². The Morgan fingerprint density at radius 2 is 1.82 bits per heavy atom. The van der Waals surface area contributed by atoms with Crippen LogP contribution in [0.2, 0.25) is 0 Å². The fraction of sp³-hybridized carbons (Fsp3) is 0.407. The predicted molar refractivity (Wildman–Crippen MR) is 147 cm³/mol. The van der Waals surface area contributed by atoms with Crippen LogP contribution in [-0.2, 0) is 23.1 Å². The summed E-state index contributed by atoms with van der Waals surface area (Å²) < 4.78 is 25.1. The Morgan fingerprint density at radius 1 is 1.05 bits per heavy atom. The van der Waals surface area contributed by atoms with Gasteiger partial charge in [-0.25, -0.2) is 23.4 Å². The molecule has 4 heterocycles. The lowest BCUT2D eigenvalue weighted by molar-refractivity contribution is 0.0460. The maximum Gasteiger partial charge on any atom is 0.255 e. The number of piperidine rings is 1. The molecule has 2 aliphatic heterocycles. The number of nitrogens with zero attached hydrogens (tertiary/aromatic N) is 5. The molecule has 10 nitrogen and oxygen atoms in total. The molecule has 3 aromatic rings. The molecule has 1 fully saturated rings. The third-order valence-electron chi connectivity index (χ3n) is 7.08. The van der Waals surface area contributed by atoms with Gasteiger partial charge in [-0.3, -0.25) is 14.4 Å². The first-order valence-corrected chi connectivity index (χ1v) is 14.6. The van der Waals surface area contributed by atoms with Crippen LogP contribution in [-0.4, -0.2) is 64.0 Å². The highest BCUT2D eigenvalue weighted by Crippen LogP contribution is 2.31. The van der Waals surface area contributed by atoms with Crippen LogP contribution in [0.1, 0.15) is 52.5 Å². The molecule has 200 valence electrons. The van der Waals surface area contributed by atoms with E-state index >= 15 is 0 Å². The molecule has 1 aromatic carbocycles. The van der Waals surface area contributed by atoms with Crippen molar-refractivity contribution in [3.63, 3.8) is 0 Å². The van der Waals surface area contributed by atoms with Crippen molar-refractivity contribution in [1.82, 2.24) is 24.8 Å². The summed E-state index contributed by atoms with van der Waals surface area (Å²) >= 11 is 0. The molecule has 38 heavy (non-hydrogen) atoms. The second-order valence-corrected chi connectivity index (χ2v) is 12.2. The van der Waals surface area contributed by atoms with E-state index in [1.807, 2.05) is 11.1 Å². The number of aromatic nitrogens is 3. The van der Waals surface area contributed by atoms with Gasteiger partial charge in [0.1, 0.15) is 5.82 Å². The van der Waals surface area contributed by atoms with Crippen molar-refractivity contribution in [3.8, 4) is 0 Å². The normalized spacial score (nSPS) is 19.7. The Balaban J connectivity index is 1.19. The van der Waals surface area contributed by atoms with Gasteiger partial charge in [0.15, 0.2) is 0 Å². The second kappa shape index (κ2) is 10.3. The minimum Gasteiger partial charge on any atom is -0.336 e. The summed E-state index contributed by atoms with van der Waals surface area (Å²) in [6, 6.07) is 9.84. The number of nitrogens with one attached hydrogen (secondary N) is 2. The molecule has 1 amide bonds. The monoisotopic (exact) mass is 535 g/mol. The molecule has 0 bridgehead atoms. The van der Waals surface area contributed by atoms with E-state index < -0.39 is 10.0 Å². The van der Waals surface area contributed by atoms with Gasteiger partial charge in [0.2, 0.25) is 16.0 Å². The van der Waals surface area contributed by atoms with Gasteiger partial charge < -0.3 is 10.2 Å². The maximum atomic E-state index is 13.2. The molecule has 2 N–H and O–H groups in total. The van der Waals surface area contributed by atoms with Crippen LogP contribution in [0.3, 0.4) is 0 Å². The van der Waals surface area contributed by atoms with Crippen molar-refractivity contribution >= 4 is 33.4 Å². The number of pyridine rings is 1. The van der Waals surface area contributed by atoms with Crippen molar-refractivity contribution in [2.45, 2.75) is 58.8 Å². The number of fused-ring (bicyclic) bond motifs is 1. The van der Waals surface area contributed by atoms with Crippen molar-refractivity contribution in [2.75, 3.05) is 22.8 Å². The Morgan fingerprint density at radius 3 is 2.47 bits per heavy atom. The molecular formula is C27H33N7O3S. The summed E-state index contributed by atoms with van der Waals surface area (Å²) in [7, 11) is -3.42. The summed E-state index contributed by atoms with van der Waals surface area (Å²) in [6.45, 7) is 8.45. The van der Waals surface area contributed by atoms with Gasteiger partial charge in [0.25, 0.3) is 5.91 Å². The molecular weight excluding hydrogens is 502 g/mol. The number of benzene rings is 1. The smallest absolute Gasteiger partial charge is 0.255 e. The third-order valence-corrected chi connectivity index (χ3v) is 7.66. The van der Waals surface area contributed by atoms with E-state index in [0.717, 1.165) is 49.1 Å². The number of hydrogen-bond acceptors (Lipinski definition) is 8. The lowest BCUT2D eigenvalue weighted by Gasteiger charge is -2.41. The highest BCUT2D eigenvalue weighted by molar-refractivity contribution is 7.92. The molecule has 0 spiro atoms. The van der Waals surface area contributed by atoms with Crippen LogP contribution in [0.25, 0.3) is 0 Å². The summed E-state index contributed by atoms with van der Waals surface area (Å²) in [5.74, 6) is 0.711. The molecule has 2 atom stereocenters. The Labute approximate surface area is 223 Å². The lowest BCUT2D eigenvalue weighted by atomic mass is 9.96. The Kier molecular flexibility index (Phi) is 7.06. The number of aryl methyl sites for hydroxylation is 2. The van der Waals surface area contributed by atoms with Crippen LogP contribution >= 0.6 is 0 Å². The molecule has 11 heteroatoms. The molecule has 0 saturated carbocycles. The highest BCUT2D eigenvalue weighted by atomic mass is 32.2. The number of amides is 1. The van der Waals surface area contributed by atoms with Gasteiger partial charge in [0.05, 0.1) is 17.5 Å². The maximum absolute atomic E-state index is 13.2. The lowest BCUT2D eigenvalue weighted by Crippen LogP contribution is -2.50. The van der Waals surface area contributed by atoms with Gasteiger partial charge in [0, 0.05) is 55.4 Å². The molecule has 5 rings (SSSR count). The number of carbonyl (C=O) groups excluding carboxylic acids is 1. The molecule has 2 aliphatic rings. The molecule has 2 aromatic heterocycles. The van der Waals surface area contributed by atoms with Crippen LogP contribution < -0.4 is 10.0 Å². The average molecular weight is 536 g/mol. The summed E-state index contributed by atoms with van der Waals surface area (Å²) in [4.78, 5) is 30.9. The van der Waals surface area contributed by atoms with Crippen molar-refractivity contribution in [3.05, 3.63) is 70.7 Å². The molecule has 1 saturated heterocycles. The SMILES string of the molecule is Cc1cc(C)cc(Nc2ncc3c(n2)CN([C@@H]2CCN(C(=O)c4ccc(NS(C)(=O)=O)nc4)[C@H](C)C2)C3)c1. The first kappa shape index (κ1) is 26.1. The average Bonchev–Trinajstić information content (AvgIpc) is 3.26. The summed E-state index contributed by atoms with van der Waals surface area (Å²) in [5, 5.41) is 3.34. The van der Waals surface area contributed by atoms with Crippen LogP contribution in [0.4, 0.5) is 17.5 Å². The van der Waals surface area contributed by atoms with E-state index in [9.17, 15) is 13.2 Å². The van der Waals surface area contributed by atoms with Gasteiger partial charge in [-0.1, -0.05) is 6.07 Å². The van der Waals surface area contributed by atoms with Crippen molar-refractivity contribution < 1.29 is 13.2 Å². The molecule has 0 radical (unpaired) electrons. The third kappa shape index (κ3) is 5.94.